The Bertz CT molecular complexity index is 1090. The maximum Gasteiger partial charge on any atom is 0.256 e. The first kappa shape index (κ1) is 17.1. The molecular formula is C18H16N6O2. The number of carbonyl (C=O) groups is 1. The van der Waals surface area contributed by atoms with E-state index in [-0.39, 0.29) is 17.4 Å². The number of aromatic nitrogens is 4. The van der Waals surface area contributed by atoms with Crippen molar-refractivity contribution in [3.63, 3.8) is 0 Å². The summed E-state index contributed by atoms with van der Waals surface area (Å²) in [4.78, 5) is 31.5. The molecule has 0 radical (unpaired) electrons. The Morgan fingerprint density at radius 2 is 1.92 bits per heavy atom. The van der Waals surface area contributed by atoms with Gasteiger partial charge < -0.3 is 5.32 Å². The van der Waals surface area contributed by atoms with Crippen LogP contribution in [0.15, 0.2) is 35.1 Å². The number of aryl methyl sites for hydroxylation is 2. The number of nitriles is 1. The van der Waals surface area contributed by atoms with Crippen molar-refractivity contribution in [2.45, 2.75) is 20.8 Å². The van der Waals surface area contributed by atoms with Gasteiger partial charge in [-0.05, 0) is 45.0 Å². The molecule has 3 aromatic rings. The largest absolute Gasteiger partial charge is 0.306 e. The first-order valence-corrected chi connectivity index (χ1v) is 7.85. The molecule has 0 saturated heterocycles. The number of hydrogen-bond donors (Lipinski definition) is 2. The molecule has 26 heavy (non-hydrogen) atoms. The van der Waals surface area contributed by atoms with Gasteiger partial charge in [0.2, 0.25) is 5.95 Å². The second kappa shape index (κ2) is 6.64. The highest BCUT2D eigenvalue weighted by Crippen LogP contribution is 2.16. The van der Waals surface area contributed by atoms with Crippen LogP contribution >= 0.6 is 0 Å². The molecule has 0 fully saturated rings. The lowest BCUT2D eigenvalue weighted by Crippen LogP contribution is -2.20. The highest BCUT2D eigenvalue weighted by Gasteiger charge is 2.15. The summed E-state index contributed by atoms with van der Waals surface area (Å²) in [6.45, 7) is 5.19. The normalized spacial score (nSPS) is 10.4. The molecule has 0 bridgehead atoms. The predicted octanol–water partition coefficient (Wildman–Crippen LogP) is 2.00. The van der Waals surface area contributed by atoms with Crippen LogP contribution in [0.5, 0.6) is 0 Å². The lowest BCUT2D eigenvalue weighted by molar-refractivity contribution is 0.102. The van der Waals surface area contributed by atoms with Gasteiger partial charge in [-0.25, -0.2) is 4.98 Å². The van der Waals surface area contributed by atoms with E-state index < -0.39 is 0 Å². The molecular weight excluding hydrogens is 332 g/mol. The molecule has 0 saturated carbocycles. The number of benzene rings is 1. The first-order chi connectivity index (χ1) is 12.4. The van der Waals surface area contributed by atoms with E-state index in [0.29, 0.717) is 33.9 Å². The fourth-order valence-corrected chi connectivity index (χ4v) is 2.37. The van der Waals surface area contributed by atoms with E-state index in [1.165, 1.54) is 4.68 Å². The third kappa shape index (κ3) is 3.23. The zero-order valence-corrected chi connectivity index (χ0v) is 14.5. The second-order valence-electron chi connectivity index (χ2n) is 5.83. The number of rotatable bonds is 3. The van der Waals surface area contributed by atoms with Crippen LogP contribution < -0.4 is 10.9 Å². The molecule has 2 aromatic heterocycles. The summed E-state index contributed by atoms with van der Waals surface area (Å²) in [6.07, 6.45) is 0. The van der Waals surface area contributed by atoms with Crippen LogP contribution in [0.4, 0.5) is 5.82 Å². The van der Waals surface area contributed by atoms with E-state index in [1.54, 1.807) is 51.1 Å². The lowest BCUT2D eigenvalue weighted by atomic mass is 10.1. The maximum absolute atomic E-state index is 12.5. The fraction of sp³-hybridized carbons (Fsp3) is 0.167. The molecule has 2 heterocycles. The van der Waals surface area contributed by atoms with E-state index in [4.69, 9.17) is 5.26 Å². The molecule has 2 N–H and O–H groups in total. The van der Waals surface area contributed by atoms with Crippen molar-refractivity contribution in [3.8, 4) is 12.0 Å². The summed E-state index contributed by atoms with van der Waals surface area (Å²) < 4.78 is 1.38. The monoisotopic (exact) mass is 348 g/mol. The highest BCUT2D eigenvalue weighted by atomic mass is 16.1. The van der Waals surface area contributed by atoms with Crippen LogP contribution in [0.25, 0.3) is 5.95 Å². The van der Waals surface area contributed by atoms with Gasteiger partial charge >= 0.3 is 0 Å². The Balaban J connectivity index is 1.96. The number of hydrogen-bond acceptors (Lipinski definition) is 5. The van der Waals surface area contributed by atoms with Gasteiger partial charge in [0.1, 0.15) is 5.82 Å². The molecule has 0 aliphatic carbocycles. The Labute approximate surface area is 149 Å². The van der Waals surface area contributed by atoms with Crippen molar-refractivity contribution in [1.29, 1.82) is 5.26 Å². The maximum atomic E-state index is 12.5. The molecule has 0 spiro atoms. The first-order valence-electron chi connectivity index (χ1n) is 7.85. The number of nitrogens with one attached hydrogen (secondary N) is 2. The highest BCUT2D eigenvalue weighted by molar-refractivity contribution is 6.04. The summed E-state index contributed by atoms with van der Waals surface area (Å²) in [6, 6.07) is 9.95. The van der Waals surface area contributed by atoms with E-state index in [2.05, 4.69) is 20.4 Å². The number of amides is 1. The zero-order valence-electron chi connectivity index (χ0n) is 14.5. The molecule has 0 atom stereocenters. The van der Waals surface area contributed by atoms with Crippen molar-refractivity contribution >= 4 is 11.7 Å². The van der Waals surface area contributed by atoms with Crippen LogP contribution in [0.1, 0.15) is 32.9 Å². The fourth-order valence-electron chi connectivity index (χ4n) is 2.37. The number of H-pyrrole nitrogens is 1. The van der Waals surface area contributed by atoms with Crippen LogP contribution in [0, 0.1) is 32.1 Å². The lowest BCUT2D eigenvalue weighted by Gasteiger charge is -2.09. The predicted molar refractivity (Wildman–Crippen MR) is 95.3 cm³/mol. The van der Waals surface area contributed by atoms with Crippen molar-refractivity contribution in [1.82, 2.24) is 19.7 Å². The minimum Gasteiger partial charge on any atom is -0.306 e. The van der Waals surface area contributed by atoms with E-state index in [1.807, 2.05) is 6.07 Å². The zero-order chi connectivity index (χ0) is 18.8. The van der Waals surface area contributed by atoms with Gasteiger partial charge in [0.05, 0.1) is 17.3 Å². The van der Waals surface area contributed by atoms with Crippen LogP contribution in [-0.2, 0) is 0 Å². The minimum absolute atomic E-state index is 0.223. The van der Waals surface area contributed by atoms with Crippen molar-refractivity contribution in [2.24, 2.45) is 0 Å². The van der Waals surface area contributed by atoms with Gasteiger partial charge in [0.25, 0.3) is 11.5 Å². The quantitative estimate of drug-likeness (QED) is 0.751. The number of aromatic amines is 1. The van der Waals surface area contributed by atoms with E-state index >= 15 is 0 Å². The number of nitrogens with zero attached hydrogens (tertiary/aromatic N) is 4. The summed E-state index contributed by atoms with van der Waals surface area (Å²) in [7, 11) is 0. The molecule has 130 valence electrons. The number of carbonyl (C=O) groups excluding carboxylic acids is 1. The van der Waals surface area contributed by atoms with Crippen LogP contribution in [0.3, 0.4) is 0 Å². The minimum atomic E-state index is -0.359. The van der Waals surface area contributed by atoms with E-state index in [0.717, 1.165) is 0 Å². The smallest absolute Gasteiger partial charge is 0.256 e. The van der Waals surface area contributed by atoms with E-state index in [9.17, 15) is 9.59 Å². The SMILES string of the molecule is Cc1cc(NC(=O)c2ccc(C#N)cc2)n(-c2nc(C)c(C)c(=O)[nH]2)n1. The number of anilines is 1. The molecule has 1 amide bonds. The Morgan fingerprint density at radius 1 is 1.23 bits per heavy atom. The Kier molecular flexibility index (Phi) is 4.37. The van der Waals surface area contributed by atoms with Gasteiger partial charge in [-0.2, -0.15) is 15.0 Å². The third-order valence-electron chi connectivity index (χ3n) is 3.93. The topological polar surface area (TPSA) is 116 Å². The summed E-state index contributed by atoms with van der Waals surface area (Å²) in [5.41, 5.74) is 2.38. The van der Waals surface area contributed by atoms with Gasteiger partial charge in [0, 0.05) is 22.9 Å². The molecule has 8 nitrogen and oxygen atoms in total. The molecule has 0 aliphatic rings. The Morgan fingerprint density at radius 3 is 2.54 bits per heavy atom. The molecule has 8 heteroatoms. The second-order valence-corrected chi connectivity index (χ2v) is 5.83. The van der Waals surface area contributed by atoms with Crippen molar-refractivity contribution in [3.05, 3.63) is 68.8 Å². The molecule has 0 unspecified atom stereocenters. The summed E-state index contributed by atoms with van der Waals surface area (Å²) >= 11 is 0. The van der Waals surface area contributed by atoms with Crippen LogP contribution in [-0.4, -0.2) is 25.7 Å². The third-order valence-corrected chi connectivity index (χ3v) is 3.93. The van der Waals surface area contributed by atoms with Gasteiger partial charge in [0.15, 0.2) is 0 Å². The van der Waals surface area contributed by atoms with Crippen molar-refractivity contribution < 1.29 is 4.79 Å². The van der Waals surface area contributed by atoms with Gasteiger partial charge in [-0.3, -0.25) is 14.6 Å². The molecule has 3 rings (SSSR count). The molecule has 1 aromatic carbocycles. The standard InChI is InChI=1S/C18H16N6O2/c1-10-8-15(21-17(26)14-6-4-13(9-19)5-7-14)24(23-10)18-20-12(3)11(2)16(25)22-18/h4-8H,1-3H3,(H,21,26)(H,20,22,25). The average molecular weight is 348 g/mol. The van der Waals surface area contributed by atoms with Gasteiger partial charge in [-0.1, -0.05) is 0 Å². The summed E-state index contributed by atoms with van der Waals surface area (Å²) in [5, 5.41) is 15.9. The summed E-state index contributed by atoms with van der Waals surface area (Å²) in [5.74, 6) is 0.242. The van der Waals surface area contributed by atoms with Crippen molar-refractivity contribution in [2.75, 3.05) is 5.32 Å². The Hall–Kier alpha value is -3.73. The van der Waals surface area contributed by atoms with Crippen LogP contribution in [0.2, 0.25) is 0 Å². The average Bonchev–Trinajstić information content (AvgIpc) is 2.99. The molecule has 0 aliphatic heterocycles. The van der Waals surface area contributed by atoms with Gasteiger partial charge in [-0.15, -0.1) is 0 Å².